The Morgan fingerprint density at radius 1 is 1.09 bits per heavy atom. The van der Waals surface area contributed by atoms with E-state index >= 15 is 4.39 Å². The van der Waals surface area contributed by atoms with E-state index in [9.17, 15) is 14.7 Å². The van der Waals surface area contributed by atoms with E-state index in [2.05, 4.69) is 4.98 Å². The van der Waals surface area contributed by atoms with Gasteiger partial charge in [-0.1, -0.05) is 47.7 Å². The van der Waals surface area contributed by atoms with Gasteiger partial charge in [0.05, 0.1) is 22.9 Å². The maximum atomic E-state index is 15.1. The lowest BCUT2D eigenvalue weighted by Gasteiger charge is -2.23. The number of hydrogen-bond acceptors (Lipinski definition) is 6. The Kier molecular flexibility index (Phi) is 5.61. The highest BCUT2D eigenvalue weighted by atomic mass is 32.1. The fourth-order valence-electron chi connectivity index (χ4n) is 4.41. The molecule has 2 heterocycles. The monoisotopic (exact) mass is 488 g/mol. The van der Waals surface area contributed by atoms with E-state index in [4.69, 9.17) is 4.74 Å². The summed E-state index contributed by atoms with van der Waals surface area (Å²) < 4.78 is 21.1. The fraction of sp³-hybridized carbons (Fsp3) is 0.148. The molecule has 0 bridgehead atoms. The smallest absolute Gasteiger partial charge is 0.301 e. The molecule has 3 aromatic carbocycles. The number of carbonyl (C=O) groups excluding carboxylic acids is 2. The summed E-state index contributed by atoms with van der Waals surface area (Å²) in [5.41, 5.74) is 2.83. The van der Waals surface area contributed by atoms with Crippen LogP contribution in [-0.2, 0) is 9.59 Å². The standard InChI is InChI=1S/C27H21FN2O4S/c1-14-11-15(2)22-20(12-14)35-27(29-22)30-23(18-9-4-5-10-19(18)28)21(25(32)26(30)33)24(31)16-7-6-8-17(13-16)34-3/h4-13,23,31H,1-3H3. The molecular weight excluding hydrogens is 467 g/mol. The number of anilines is 1. The van der Waals surface area contributed by atoms with Crippen molar-refractivity contribution in [3.05, 3.63) is 94.3 Å². The highest BCUT2D eigenvalue weighted by Gasteiger charge is 2.49. The second-order valence-corrected chi connectivity index (χ2v) is 9.36. The number of aromatic nitrogens is 1. The number of methoxy groups -OCH3 is 1. The average molecular weight is 489 g/mol. The summed E-state index contributed by atoms with van der Waals surface area (Å²) in [5, 5.41) is 11.5. The van der Waals surface area contributed by atoms with Gasteiger partial charge in [-0.3, -0.25) is 14.5 Å². The number of ketones is 1. The Bertz CT molecular complexity index is 1540. The van der Waals surface area contributed by atoms with E-state index in [1.165, 1.54) is 41.5 Å². The second-order valence-electron chi connectivity index (χ2n) is 8.35. The molecule has 1 amide bonds. The van der Waals surface area contributed by atoms with Crippen LogP contribution in [0.1, 0.15) is 28.3 Å². The zero-order chi connectivity index (χ0) is 24.9. The van der Waals surface area contributed by atoms with Crippen molar-refractivity contribution in [1.82, 2.24) is 4.98 Å². The fourth-order valence-corrected chi connectivity index (χ4v) is 5.58. The van der Waals surface area contributed by atoms with Gasteiger partial charge < -0.3 is 9.84 Å². The van der Waals surface area contributed by atoms with Gasteiger partial charge in [-0.05, 0) is 49.2 Å². The number of benzene rings is 3. The predicted octanol–water partition coefficient (Wildman–Crippen LogP) is 5.69. The van der Waals surface area contributed by atoms with Crippen molar-refractivity contribution in [2.45, 2.75) is 19.9 Å². The highest BCUT2D eigenvalue weighted by molar-refractivity contribution is 7.22. The van der Waals surface area contributed by atoms with Crippen LogP contribution in [0.4, 0.5) is 9.52 Å². The summed E-state index contributed by atoms with van der Waals surface area (Å²) in [4.78, 5) is 32.5. The van der Waals surface area contributed by atoms with Gasteiger partial charge in [0.25, 0.3) is 5.78 Å². The number of rotatable bonds is 4. The molecule has 1 N–H and O–H groups in total. The molecule has 35 heavy (non-hydrogen) atoms. The van der Waals surface area contributed by atoms with Gasteiger partial charge in [-0.2, -0.15) is 0 Å². The molecule has 1 aromatic heterocycles. The number of nitrogens with zero attached hydrogens (tertiary/aromatic N) is 2. The molecule has 5 rings (SSSR count). The number of hydrogen-bond donors (Lipinski definition) is 1. The SMILES string of the molecule is COc1cccc(C(O)=C2C(=O)C(=O)N(c3nc4c(C)cc(C)cc4s3)C2c2ccccc2F)c1. The highest BCUT2D eigenvalue weighted by Crippen LogP contribution is 2.45. The molecule has 1 saturated heterocycles. The number of carbonyl (C=O) groups is 2. The van der Waals surface area contributed by atoms with Gasteiger partial charge in [0.1, 0.15) is 23.4 Å². The first-order valence-electron chi connectivity index (χ1n) is 10.9. The Hall–Kier alpha value is -4.04. The maximum Gasteiger partial charge on any atom is 0.301 e. The van der Waals surface area contributed by atoms with Crippen molar-refractivity contribution in [2.75, 3.05) is 12.0 Å². The molecular formula is C27H21FN2O4S. The number of aliphatic hydroxyl groups excluding tert-OH is 1. The second kappa shape index (κ2) is 8.63. The molecule has 1 fully saturated rings. The maximum absolute atomic E-state index is 15.1. The molecule has 0 aliphatic carbocycles. The number of aliphatic hydroxyl groups is 1. The average Bonchev–Trinajstić information content (AvgIpc) is 3.37. The number of fused-ring (bicyclic) bond motifs is 1. The molecule has 8 heteroatoms. The van der Waals surface area contributed by atoms with Gasteiger partial charge in [0.2, 0.25) is 0 Å². The van der Waals surface area contributed by atoms with Crippen LogP contribution >= 0.6 is 11.3 Å². The summed E-state index contributed by atoms with van der Waals surface area (Å²) >= 11 is 1.24. The molecule has 6 nitrogen and oxygen atoms in total. The van der Waals surface area contributed by atoms with Gasteiger partial charge in [0.15, 0.2) is 5.13 Å². The van der Waals surface area contributed by atoms with Crippen molar-refractivity contribution < 1.29 is 23.8 Å². The van der Waals surface area contributed by atoms with E-state index in [1.807, 2.05) is 26.0 Å². The Morgan fingerprint density at radius 3 is 2.60 bits per heavy atom. The zero-order valence-electron chi connectivity index (χ0n) is 19.2. The Labute approximate surface area is 204 Å². The molecule has 0 saturated carbocycles. The Balaban J connectivity index is 1.76. The van der Waals surface area contributed by atoms with Crippen molar-refractivity contribution in [1.29, 1.82) is 0 Å². The summed E-state index contributed by atoms with van der Waals surface area (Å²) in [7, 11) is 1.48. The minimum Gasteiger partial charge on any atom is -0.507 e. The van der Waals surface area contributed by atoms with Crippen LogP contribution in [0, 0.1) is 19.7 Å². The number of amides is 1. The summed E-state index contributed by atoms with van der Waals surface area (Å²) in [6.45, 7) is 3.88. The molecule has 0 spiro atoms. The Morgan fingerprint density at radius 2 is 1.86 bits per heavy atom. The summed E-state index contributed by atoms with van der Waals surface area (Å²) in [6.07, 6.45) is 0. The van der Waals surface area contributed by atoms with Gasteiger partial charge >= 0.3 is 5.91 Å². The van der Waals surface area contributed by atoms with Gasteiger partial charge in [0, 0.05) is 11.1 Å². The first-order chi connectivity index (χ1) is 16.8. The number of halogens is 1. The van der Waals surface area contributed by atoms with Crippen LogP contribution in [0.2, 0.25) is 0 Å². The normalized spacial score (nSPS) is 17.4. The number of thiazole rings is 1. The minimum absolute atomic E-state index is 0.0864. The van der Waals surface area contributed by atoms with Crippen molar-refractivity contribution in [2.24, 2.45) is 0 Å². The van der Waals surface area contributed by atoms with Crippen molar-refractivity contribution in [3.8, 4) is 5.75 Å². The van der Waals surface area contributed by atoms with E-state index < -0.39 is 29.3 Å². The van der Waals surface area contributed by atoms with Crippen molar-refractivity contribution >= 4 is 44.1 Å². The van der Waals surface area contributed by atoms with Gasteiger partial charge in [-0.25, -0.2) is 9.37 Å². The van der Waals surface area contributed by atoms with Crippen LogP contribution in [0.5, 0.6) is 5.75 Å². The van der Waals surface area contributed by atoms with Crippen LogP contribution in [0.15, 0.2) is 66.2 Å². The van der Waals surface area contributed by atoms with Crippen LogP contribution in [-0.4, -0.2) is 28.9 Å². The lowest BCUT2D eigenvalue weighted by Crippen LogP contribution is -2.29. The lowest BCUT2D eigenvalue weighted by atomic mass is 9.95. The van der Waals surface area contributed by atoms with Gasteiger partial charge in [-0.15, -0.1) is 0 Å². The third-order valence-corrected chi connectivity index (χ3v) is 7.01. The zero-order valence-corrected chi connectivity index (χ0v) is 20.0. The number of ether oxygens (including phenoxy) is 1. The van der Waals surface area contributed by atoms with Crippen LogP contribution in [0.25, 0.3) is 16.0 Å². The number of Topliss-reactive ketones (excluding diaryl/α,β-unsaturated/α-hetero) is 1. The summed E-state index contributed by atoms with van der Waals surface area (Å²) in [5.74, 6) is -2.34. The quantitative estimate of drug-likeness (QED) is 0.227. The summed E-state index contributed by atoms with van der Waals surface area (Å²) in [6, 6.07) is 15.1. The molecule has 1 aliphatic rings. The van der Waals surface area contributed by atoms with E-state index in [-0.39, 0.29) is 21.8 Å². The molecule has 0 radical (unpaired) electrons. The third-order valence-electron chi connectivity index (χ3n) is 6.01. The topological polar surface area (TPSA) is 79.7 Å². The molecule has 1 unspecified atom stereocenters. The van der Waals surface area contributed by atoms with Crippen LogP contribution in [0.3, 0.4) is 0 Å². The van der Waals surface area contributed by atoms with E-state index in [0.717, 1.165) is 15.8 Å². The molecule has 4 aromatic rings. The molecule has 1 aliphatic heterocycles. The first-order valence-corrected chi connectivity index (χ1v) is 11.7. The molecule has 1 atom stereocenters. The van der Waals surface area contributed by atoms with E-state index in [1.54, 1.807) is 30.3 Å². The van der Waals surface area contributed by atoms with Crippen LogP contribution < -0.4 is 9.64 Å². The first kappa shape index (κ1) is 22.7. The number of aryl methyl sites for hydroxylation is 2. The third kappa shape index (κ3) is 3.76. The lowest BCUT2D eigenvalue weighted by molar-refractivity contribution is -0.132. The predicted molar refractivity (Wildman–Crippen MR) is 133 cm³/mol. The van der Waals surface area contributed by atoms with E-state index in [0.29, 0.717) is 11.3 Å². The molecule has 176 valence electrons. The largest absolute Gasteiger partial charge is 0.507 e. The van der Waals surface area contributed by atoms with Crippen molar-refractivity contribution in [3.63, 3.8) is 0 Å². The minimum atomic E-state index is -1.19.